The van der Waals surface area contributed by atoms with Gasteiger partial charge in [0, 0.05) is 60.4 Å². The van der Waals surface area contributed by atoms with E-state index in [9.17, 15) is 9.90 Å². The van der Waals surface area contributed by atoms with Gasteiger partial charge in [-0.25, -0.2) is 5.01 Å². The predicted molar refractivity (Wildman–Crippen MR) is 115 cm³/mol. The number of piperidine rings is 1. The van der Waals surface area contributed by atoms with Crippen molar-refractivity contribution < 1.29 is 14.6 Å². The number of carbonyl (C=O) groups is 1. The Morgan fingerprint density at radius 1 is 1.17 bits per heavy atom. The minimum atomic E-state index is -0.645. The van der Waals surface area contributed by atoms with Gasteiger partial charge in [0.05, 0.1) is 11.8 Å². The number of phenols is 1. The average molecular weight is 446 g/mol. The van der Waals surface area contributed by atoms with Gasteiger partial charge in [-0.15, -0.1) is 0 Å². The maximum atomic E-state index is 11.8. The first-order valence-electron chi connectivity index (χ1n) is 9.96. The van der Waals surface area contributed by atoms with Crippen molar-refractivity contribution >= 4 is 34.8 Å². The molecule has 156 valence electrons. The van der Waals surface area contributed by atoms with Crippen LogP contribution in [0, 0.1) is 0 Å². The summed E-state index contributed by atoms with van der Waals surface area (Å²) in [4.78, 5) is 13.7. The van der Waals surface area contributed by atoms with Crippen LogP contribution in [-0.2, 0) is 4.79 Å². The zero-order chi connectivity index (χ0) is 21.0. The molecular weight excluding hydrogens is 425 g/mol. The largest absolute Gasteiger partial charge is 0.507 e. The van der Waals surface area contributed by atoms with Crippen LogP contribution in [0.2, 0.25) is 10.0 Å². The summed E-state index contributed by atoms with van der Waals surface area (Å²) < 4.78 is 6.53. The van der Waals surface area contributed by atoms with Crippen LogP contribution in [-0.4, -0.2) is 45.4 Å². The molecule has 6 nitrogen and oxygen atoms in total. The van der Waals surface area contributed by atoms with E-state index in [4.69, 9.17) is 33.0 Å². The van der Waals surface area contributed by atoms with Crippen LogP contribution in [0.25, 0.3) is 0 Å². The molecule has 2 aromatic rings. The van der Waals surface area contributed by atoms with Crippen LogP contribution in [0.15, 0.2) is 41.5 Å². The smallest absolute Gasteiger partial charge is 0.219 e. The van der Waals surface area contributed by atoms with Crippen molar-refractivity contribution in [2.75, 3.05) is 13.1 Å². The second-order valence-corrected chi connectivity index (χ2v) is 8.88. The Kier molecular flexibility index (Phi) is 4.60. The van der Waals surface area contributed by atoms with Crippen LogP contribution >= 0.6 is 23.2 Å². The van der Waals surface area contributed by atoms with Gasteiger partial charge in [0.2, 0.25) is 11.6 Å². The molecule has 1 atom stereocenters. The van der Waals surface area contributed by atoms with Gasteiger partial charge in [0.15, 0.2) is 0 Å². The third-order valence-electron chi connectivity index (χ3n) is 6.22. The number of phenolic OH excluding ortho intramolecular Hbond substituents is 1. The standard InChI is InChI=1S/C22H21Cl2N3O3/c1-13(28)26-8-6-22(7-9-26)27-19(17-11-15(24)3-5-21(17)30-22)12-18(25-27)16-10-14(23)2-4-20(16)29/h2-5,10-11,19,29H,6-9,12H2,1H3. The van der Waals surface area contributed by atoms with Crippen LogP contribution < -0.4 is 4.74 Å². The summed E-state index contributed by atoms with van der Waals surface area (Å²) in [6.45, 7) is 2.80. The van der Waals surface area contributed by atoms with Crippen LogP contribution in [0.1, 0.15) is 43.4 Å². The summed E-state index contributed by atoms with van der Waals surface area (Å²) in [5.74, 6) is 1.01. The van der Waals surface area contributed by atoms with E-state index in [1.807, 2.05) is 28.1 Å². The number of hydrogen-bond acceptors (Lipinski definition) is 5. The SMILES string of the molecule is CC(=O)N1CCC2(CC1)Oc1ccc(Cl)cc1C1CC(c3cc(Cl)ccc3O)=NN12. The van der Waals surface area contributed by atoms with Crippen LogP contribution in [0.3, 0.4) is 0 Å². The number of likely N-dealkylation sites (tertiary alicyclic amines) is 1. The van der Waals surface area contributed by atoms with Crippen molar-refractivity contribution in [2.24, 2.45) is 5.10 Å². The number of nitrogens with zero attached hydrogens (tertiary/aromatic N) is 3. The number of benzene rings is 2. The highest BCUT2D eigenvalue weighted by atomic mass is 35.5. The highest BCUT2D eigenvalue weighted by Gasteiger charge is 2.52. The lowest BCUT2D eigenvalue weighted by molar-refractivity contribution is -0.158. The van der Waals surface area contributed by atoms with Gasteiger partial charge in [0.25, 0.3) is 0 Å². The molecule has 30 heavy (non-hydrogen) atoms. The van der Waals surface area contributed by atoms with Crippen molar-refractivity contribution in [1.82, 2.24) is 9.91 Å². The molecule has 0 aliphatic carbocycles. The minimum Gasteiger partial charge on any atom is -0.507 e. The summed E-state index contributed by atoms with van der Waals surface area (Å²) in [6.07, 6.45) is 1.88. The minimum absolute atomic E-state index is 0.0651. The monoisotopic (exact) mass is 445 g/mol. The van der Waals surface area contributed by atoms with Gasteiger partial charge in [-0.3, -0.25) is 4.79 Å². The molecule has 0 saturated carbocycles. The fourth-order valence-corrected chi connectivity index (χ4v) is 5.01. The van der Waals surface area contributed by atoms with E-state index in [1.165, 1.54) is 0 Å². The molecule has 3 aliphatic rings. The van der Waals surface area contributed by atoms with E-state index < -0.39 is 5.72 Å². The molecule has 0 bridgehead atoms. The summed E-state index contributed by atoms with van der Waals surface area (Å²) in [6, 6.07) is 10.6. The lowest BCUT2D eigenvalue weighted by atomic mass is 9.90. The first-order valence-corrected chi connectivity index (χ1v) is 10.7. The number of rotatable bonds is 1. The van der Waals surface area contributed by atoms with Gasteiger partial charge < -0.3 is 14.7 Å². The Morgan fingerprint density at radius 3 is 2.60 bits per heavy atom. The zero-order valence-corrected chi connectivity index (χ0v) is 18.0. The highest BCUT2D eigenvalue weighted by molar-refractivity contribution is 6.31. The Morgan fingerprint density at radius 2 is 1.87 bits per heavy atom. The summed E-state index contributed by atoms with van der Waals surface area (Å²) in [5, 5.41) is 18.5. The molecule has 1 unspecified atom stereocenters. The lowest BCUT2D eigenvalue weighted by Gasteiger charge is -2.51. The molecule has 3 aliphatic heterocycles. The van der Waals surface area contributed by atoms with E-state index >= 15 is 0 Å². The molecule has 1 fully saturated rings. The van der Waals surface area contributed by atoms with Gasteiger partial charge in [-0.1, -0.05) is 23.2 Å². The molecule has 5 rings (SSSR count). The maximum absolute atomic E-state index is 11.8. The quantitative estimate of drug-likeness (QED) is 0.697. The van der Waals surface area contributed by atoms with E-state index in [0.29, 0.717) is 48.0 Å². The second kappa shape index (κ2) is 7.06. The first-order chi connectivity index (χ1) is 14.4. The molecule has 1 amide bonds. The Balaban J connectivity index is 1.58. The number of ether oxygens (including phenoxy) is 1. The molecule has 1 saturated heterocycles. The molecule has 0 radical (unpaired) electrons. The maximum Gasteiger partial charge on any atom is 0.219 e. The lowest BCUT2D eigenvalue weighted by Crippen LogP contribution is -2.59. The molecular formula is C22H21Cl2N3O3. The first kappa shape index (κ1) is 19.5. The van der Waals surface area contributed by atoms with Crippen LogP contribution in [0.5, 0.6) is 11.5 Å². The van der Waals surface area contributed by atoms with E-state index in [0.717, 1.165) is 17.0 Å². The number of halogens is 2. The number of hydrogen-bond donors (Lipinski definition) is 1. The Labute approximate surface area is 184 Å². The number of amides is 1. The molecule has 0 aromatic heterocycles. The van der Waals surface area contributed by atoms with Gasteiger partial charge in [-0.05, 0) is 36.4 Å². The average Bonchev–Trinajstić information content (AvgIpc) is 3.17. The summed E-state index contributed by atoms with van der Waals surface area (Å²) >= 11 is 12.5. The summed E-state index contributed by atoms with van der Waals surface area (Å²) in [7, 11) is 0. The summed E-state index contributed by atoms with van der Waals surface area (Å²) in [5.41, 5.74) is 1.71. The highest BCUT2D eigenvalue weighted by Crippen LogP contribution is 2.51. The molecule has 3 heterocycles. The predicted octanol–water partition coefficient (Wildman–Crippen LogP) is 4.58. The normalized spacial score (nSPS) is 21.7. The molecule has 2 aromatic carbocycles. The zero-order valence-electron chi connectivity index (χ0n) is 16.4. The van der Waals surface area contributed by atoms with Crippen molar-refractivity contribution in [1.29, 1.82) is 0 Å². The molecule has 1 spiro atoms. The number of aromatic hydroxyl groups is 1. The number of hydrazone groups is 1. The Hall–Kier alpha value is -2.44. The topological polar surface area (TPSA) is 65.4 Å². The third-order valence-corrected chi connectivity index (χ3v) is 6.69. The van der Waals surface area contributed by atoms with Gasteiger partial charge in [0.1, 0.15) is 11.5 Å². The molecule has 8 heteroatoms. The molecule has 1 N–H and O–H groups in total. The van der Waals surface area contributed by atoms with E-state index in [1.54, 1.807) is 25.1 Å². The van der Waals surface area contributed by atoms with Gasteiger partial charge >= 0.3 is 0 Å². The fraction of sp³-hybridized carbons (Fsp3) is 0.364. The fourth-order valence-electron chi connectivity index (χ4n) is 4.66. The van der Waals surface area contributed by atoms with E-state index in [-0.39, 0.29) is 17.7 Å². The van der Waals surface area contributed by atoms with Crippen LogP contribution in [0.4, 0.5) is 0 Å². The number of fused-ring (bicyclic) bond motifs is 4. The second-order valence-electron chi connectivity index (χ2n) is 8.01. The van der Waals surface area contributed by atoms with E-state index in [2.05, 4.69) is 0 Å². The van der Waals surface area contributed by atoms with Crippen molar-refractivity contribution in [3.05, 3.63) is 57.6 Å². The van der Waals surface area contributed by atoms with Crippen molar-refractivity contribution in [3.63, 3.8) is 0 Å². The third kappa shape index (κ3) is 3.10. The van der Waals surface area contributed by atoms with Crippen molar-refractivity contribution in [2.45, 2.75) is 38.0 Å². The Bertz CT molecular complexity index is 1060. The van der Waals surface area contributed by atoms with Gasteiger partial charge in [-0.2, -0.15) is 5.10 Å². The number of carbonyl (C=O) groups excluding carboxylic acids is 1. The van der Waals surface area contributed by atoms with Crippen molar-refractivity contribution in [3.8, 4) is 11.5 Å².